The normalized spacial score (nSPS) is 10.7. The summed E-state index contributed by atoms with van der Waals surface area (Å²) in [4.78, 5) is 3.95. The van der Waals surface area contributed by atoms with Crippen molar-refractivity contribution in [2.45, 2.75) is 19.9 Å². The summed E-state index contributed by atoms with van der Waals surface area (Å²) < 4.78 is 4.65. The van der Waals surface area contributed by atoms with Crippen molar-refractivity contribution < 1.29 is 4.52 Å². The van der Waals surface area contributed by atoms with E-state index in [1.165, 1.54) is 12.0 Å². The van der Waals surface area contributed by atoms with Gasteiger partial charge in [0.1, 0.15) is 0 Å². The lowest BCUT2D eigenvalue weighted by molar-refractivity contribution is 0.409. The molecule has 0 bridgehead atoms. The predicted octanol–water partition coefficient (Wildman–Crippen LogP) is 2.36. The van der Waals surface area contributed by atoms with E-state index in [2.05, 4.69) is 26.0 Å². The smallest absolute Gasteiger partial charge is 0.213 e. The summed E-state index contributed by atoms with van der Waals surface area (Å²) in [6.07, 6.45) is 2.10. The third kappa shape index (κ3) is 3.54. The first-order chi connectivity index (χ1) is 8.25. The zero-order valence-corrected chi connectivity index (χ0v) is 10.4. The Balaban J connectivity index is 1.76. The molecule has 17 heavy (non-hydrogen) atoms. The molecule has 0 spiro atoms. The van der Waals surface area contributed by atoms with Crippen LogP contribution in [0, 0.1) is 6.92 Å². The van der Waals surface area contributed by atoms with Gasteiger partial charge in [-0.05, 0) is 24.1 Å². The summed E-state index contributed by atoms with van der Waals surface area (Å²) >= 11 is 6.05. The van der Waals surface area contributed by atoms with Crippen LogP contribution in [0.4, 0.5) is 0 Å². The molecular weight excluding hydrogens is 238 g/mol. The number of hydrogen-bond acceptors (Lipinski definition) is 4. The molecule has 2 aromatic rings. The molecule has 1 aromatic carbocycles. The molecule has 1 heterocycles. The highest BCUT2D eigenvalue weighted by molar-refractivity contribution is 6.31. The van der Waals surface area contributed by atoms with Crippen LogP contribution in [-0.4, -0.2) is 16.7 Å². The van der Waals surface area contributed by atoms with Crippen LogP contribution in [-0.2, 0) is 13.0 Å². The molecule has 0 radical (unpaired) electrons. The molecule has 90 valence electrons. The Morgan fingerprint density at radius 2 is 2.29 bits per heavy atom. The van der Waals surface area contributed by atoms with E-state index in [9.17, 15) is 0 Å². The van der Waals surface area contributed by atoms with Gasteiger partial charge in [0.05, 0.1) is 0 Å². The second kappa shape index (κ2) is 5.80. The van der Waals surface area contributed by atoms with Gasteiger partial charge in [-0.3, -0.25) is 0 Å². The number of nitrogens with one attached hydrogen (secondary N) is 1. The minimum Gasteiger partial charge on any atom is -0.343 e. The highest BCUT2D eigenvalue weighted by Crippen LogP contribution is 2.16. The second-order valence-corrected chi connectivity index (χ2v) is 4.26. The van der Waals surface area contributed by atoms with Gasteiger partial charge >= 0.3 is 0 Å². The molecule has 0 saturated carbocycles. The molecule has 1 aromatic heterocycles. The van der Waals surface area contributed by atoms with Crippen LogP contribution in [0.1, 0.15) is 17.0 Å². The number of aromatic nitrogens is 2. The Hall–Kier alpha value is -1.39. The summed E-state index contributed by atoms with van der Waals surface area (Å²) in [6.45, 7) is 3.60. The molecule has 0 unspecified atom stereocenters. The molecule has 0 fully saturated rings. The topological polar surface area (TPSA) is 51.0 Å². The monoisotopic (exact) mass is 251 g/mol. The molecule has 0 amide bonds. The fourth-order valence-corrected chi connectivity index (χ4v) is 1.68. The van der Waals surface area contributed by atoms with E-state index in [-0.39, 0.29) is 0 Å². The van der Waals surface area contributed by atoms with Gasteiger partial charge in [-0.25, -0.2) is 0 Å². The third-order valence-electron chi connectivity index (χ3n) is 2.50. The van der Waals surface area contributed by atoms with Crippen LogP contribution in [0.5, 0.6) is 0 Å². The zero-order chi connectivity index (χ0) is 12.1. The van der Waals surface area contributed by atoms with E-state index >= 15 is 0 Å². The van der Waals surface area contributed by atoms with E-state index in [0.717, 1.165) is 35.9 Å². The van der Waals surface area contributed by atoms with Gasteiger partial charge in [0.2, 0.25) is 6.39 Å². The van der Waals surface area contributed by atoms with Crippen molar-refractivity contribution in [3.63, 3.8) is 0 Å². The Morgan fingerprint density at radius 3 is 3.00 bits per heavy atom. The van der Waals surface area contributed by atoms with Gasteiger partial charge in [-0.15, -0.1) is 0 Å². The highest BCUT2D eigenvalue weighted by Gasteiger charge is 1.99. The molecule has 5 heteroatoms. The minimum absolute atomic E-state index is 0.722. The number of rotatable bonds is 5. The molecule has 4 nitrogen and oxygen atoms in total. The van der Waals surface area contributed by atoms with E-state index in [0.29, 0.717) is 0 Å². The van der Waals surface area contributed by atoms with Crippen LogP contribution in [0.15, 0.2) is 29.1 Å². The predicted molar refractivity (Wildman–Crippen MR) is 65.9 cm³/mol. The lowest BCUT2D eigenvalue weighted by atomic mass is 10.1. The molecule has 0 aliphatic heterocycles. The summed E-state index contributed by atoms with van der Waals surface area (Å²) in [6, 6.07) is 6.08. The van der Waals surface area contributed by atoms with Crippen molar-refractivity contribution in [1.29, 1.82) is 0 Å². The first kappa shape index (κ1) is 12.1. The zero-order valence-electron chi connectivity index (χ0n) is 9.61. The summed E-state index contributed by atoms with van der Waals surface area (Å²) in [7, 11) is 0. The fraction of sp³-hybridized carbons (Fsp3) is 0.333. The van der Waals surface area contributed by atoms with Crippen LogP contribution in [0.3, 0.4) is 0 Å². The van der Waals surface area contributed by atoms with Gasteiger partial charge in [0.25, 0.3) is 0 Å². The Morgan fingerprint density at radius 1 is 1.41 bits per heavy atom. The maximum Gasteiger partial charge on any atom is 0.213 e. The first-order valence-electron chi connectivity index (χ1n) is 5.46. The van der Waals surface area contributed by atoms with Gasteiger partial charge in [-0.1, -0.05) is 28.9 Å². The van der Waals surface area contributed by atoms with Gasteiger partial charge < -0.3 is 9.84 Å². The van der Waals surface area contributed by atoms with Crippen LogP contribution >= 0.6 is 11.6 Å². The molecule has 0 saturated heterocycles. The standard InChI is InChI=1S/C12H14ClN3O/c1-9-2-3-10(6-11(9)13)7-14-5-4-12-15-8-17-16-12/h2-3,6,8,14H,4-5,7H2,1H3. The Bertz CT molecular complexity index is 471. The van der Waals surface area contributed by atoms with Crippen LogP contribution in [0.25, 0.3) is 0 Å². The lowest BCUT2D eigenvalue weighted by Gasteiger charge is -2.05. The average molecular weight is 252 g/mol. The summed E-state index contributed by atoms with van der Waals surface area (Å²) in [5, 5.41) is 7.85. The Kier molecular flexibility index (Phi) is 4.12. The fourth-order valence-electron chi connectivity index (χ4n) is 1.48. The van der Waals surface area contributed by atoms with Crippen molar-refractivity contribution in [3.05, 3.63) is 46.6 Å². The van der Waals surface area contributed by atoms with E-state index < -0.39 is 0 Å². The molecule has 2 rings (SSSR count). The maximum atomic E-state index is 6.05. The van der Waals surface area contributed by atoms with Crippen molar-refractivity contribution in [3.8, 4) is 0 Å². The van der Waals surface area contributed by atoms with Crippen molar-refractivity contribution >= 4 is 11.6 Å². The number of halogens is 1. The second-order valence-electron chi connectivity index (χ2n) is 3.86. The molecular formula is C12H14ClN3O. The van der Waals surface area contributed by atoms with E-state index in [1.54, 1.807) is 0 Å². The van der Waals surface area contributed by atoms with Crippen molar-refractivity contribution in [1.82, 2.24) is 15.5 Å². The van der Waals surface area contributed by atoms with Gasteiger partial charge in [0.15, 0.2) is 5.82 Å². The third-order valence-corrected chi connectivity index (χ3v) is 2.90. The summed E-state index contributed by atoms with van der Waals surface area (Å²) in [5.41, 5.74) is 2.27. The lowest BCUT2D eigenvalue weighted by Crippen LogP contribution is -2.17. The largest absolute Gasteiger partial charge is 0.343 e. The van der Waals surface area contributed by atoms with Gasteiger partial charge in [0, 0.05) is 24.5 Å². The van der Waals surface area contributed by atoms with Crippen LogP contribution in [0.2, 0.25) is 5.02 Å². The van der Waals surface area contributed by atoms with E-state index in [1.807, 2.05) is 19.1 Å². The maximum absolute atomic E-state index is 6.05. The van der Waals surface area contributed by atoms with Crippen LogP contribution < -0.4 is 5.32 Å². The number of benzene rings is 1. The minimum atomic E-state index is 0.722. The molecule has 0 atom stereocenters. The van der Waals surface area contributed by atoms with E-state index in [4.69, 9.17) is 11.6 Å². The van der Waals surface area contributed by atoms with Crippen molar-refractivity contribution in [2.75, 3.05) is 6.54 Å². The highest BCUT2D eigenvalue weighted by atomic mass is 35.5. The first-order valence-corrected chi connectivity index (χ1v) is 5.84. The van der Waals surface area contributed by atoms with Gasteiger partial charge in [-0.2, -0.15) is 4.98 Å². The Labute approximate surface area is 105 Å². The SMILES string of the molecule is Cc1ccc(CNCCc2ncon2)cc1Cl. The number of nitrogens with zero attached hydrogens (tertiary/aromatic N) is 2. The summed E-state index contributed by atoms with van der Waals surface area (Å²) in [5.74, 6) is 0.722. The molecule has 1 N–H and O–H groups in total. The number of hydrogen-bond donors (Lipinski definition) is 1. The number of aryl methyl sites for hydroxylation is 1. The molecule has 0 aliphatic carbocycles. The van der Waals surface area contributed by atoms with Crippen molar-refractivity contribution in [2.24, 2.45) is 0 Å². The molecule has 0 aliphatic rings. The quantitative estimate of drug-likeness (QED) is 0.829. The average Bonchev–Trinajstić information content (AvgIpc) is 2.82.